The number of carbonyl (C=O) groups is 1. The van der Waals surface area contributed by atoms with E-state index in [1.807, 2.05) is 0 Å². The fraction of sp³-hybridized carbons (Fsp3) is 0.100. The van der Waals surface area contributed by atoms with Crippen LogP contribution in [0.3, 0.4) is 0 Å². The molecule has 2 aromatic rings. The smallest absolute Gasteiger partial charge is 0.277 e. The normalized spacial score (nSPS) is 11.3. The minimum atomic E-state index is -0.386. The molecule has 0 bridgehead atoms. The van der Waals surface area contributed by atoms with Crippen LogP contribution in [0.1, 0.15) is 23.1 Å². The number of hydrogen-bond donors (Lipinski definition) is 2. The maximum absolute atomic E-state index is 11.7. The summed E-state index contributed by atoms with van der Waals surface area (Å²) in [4.78, 5) is 23.5. The molecule has 8 heteroatoms. The highest BCUT2D eigenvalue weighted by Crippen LogP contribution is 2.16. The van der Waals surface area contributed by atoms with Gasteiger partial charge in [0.2, 0.25) is 0 Å². The average Bonchev–Trinajstić information content (AvgIpc) is 2.87. The number of amides is 1. The molecule has 0 aliphatic heterocycles. The molecule has 0 saturated heterocycles. The van der Waals surface area contributed by atoms with Crippen molar-refractivity contribution < 1.29 is 10.0 Å². The molecule has 0 unspecified atom stereocenters. The summed E-state index contributed by atoms with van der Waals surface area (Å²) in [6.07, 6.45) is 4.29. The van der Waals surface area contributed by atoms with E-state index in [0.29, 0.717) is 16.5 Å². The van der Waals surface area contributed by atoms with Crippen LogP contribution in [-0.4, -0.2) is 31.8 Å². The van der Waals surface area contributed by atoms with Crippen molar-refractivity contribution in [2.24, 2.45) is 5.16 Å². The molecule has 0 fully saturated rings. The van der Waals surface area contributed by atoms with E-state index < -0.39 is 0 Å². The van der Waals surface area contributed by atoms with Gasteiger partial charge in [-0.2, -0.15) is 0 Å². The first-order valence-electron chi connectivity index (χ1n) is 4.92. The van der Waals surface area contributed by atoms with Crippen LogP contribution in [0, 0.1) is 0 Å². The van der Waals surface area contributed by atoms with Gasteiger partial charge in [0.05, 0.1) is 6.20 Å². The van der Waals surface area contributed by atoms with Crippen LogP contribution >= 0.6 is 11.3 Å². The quantitative estimate of drug-likeness (QED) is 0.495. The lowest BCUT2D eigenvalue weighted by Gasteiger charge is -1.99. The molecule has 2 heterocycles. The number of rotatable bonds is 3. The first-order chi connectivity index (χ1) is 8.70. The molecule has 0 spiro atoms. The molecule has 0 aliphatic carbocycles. The van der Waals surface area contributed by atoms with Gasteiger partial charge in [-0.05, 0) is 6.92 Å². The number of aromatic nitrogens is 3. The summed E-state index contributed by atoms with van der Waals surface area (Å²) in [5.41, 5.74) is 1.10. The van der Waals surface area contributed by atoms with Crippen molar-refractivity contribution in [2.45, 2.75) is 6.92 Å². The zero-order valence-corrected chi connectivity index (χ0v) is 10.2. The van der Waals surface area contributed by atoms with Crippen molar-refractivity contribution in [1.29, 1.82) is 0 Å². The van der Waals surface area contributed by atoms with Gasteiger partial charge in [-0.15, -0.1) is 11.3 Å². The number of nitrogens with one attached hydrogen (secondary N) is 1. The molecule has 0 aromatic carbocycles. The van der Waals surface area contributed by atoms with Gasteiger partial charge >= 0.3 is 0 Å². The predicted octanol–water partition coefficient (Wildman–Crippen LogP) is 1.38. The third-order valence-electron chi connectivity index (χ3n) is 2.04. The fourth-order valence-corrected chi connectivity index (χ4v) is 1.88. The third-order valence-corrected chi connectivity index (χ3v) is 2.80. The molecule has 0 saturated carbocycles. The van der Waals surface area contributed by atoms with Gasteiger partial charge in [0.25, 0.3) is 5.91 Å². The Balaban J connectivity index is 2.11. The van der Waals surface area contributed by atoms with E-state index in [-0.39, 0.29) is 11.6 Å². The maximum Gasteiger partial charge on any atom is 0.277 e. The Bertz CT molecular complexity index is 581. The molecule has 7 nitrogen and oxygen atoms in total. The number of anilines is 1. The summed E-state index contributed by atoms with van der Waals surface area (Å²) < 4.78 is 0. The summed E-state index contributed by atoms with van der Waals surface area (Å²) in [6, 6.07) is 0. The first kappa shape index (κ1) is 12.1. The topological polar surface area (TPSA) is 100 Å². The molecule has 1 amide bonds. The fourth-order valence-electron chi connectivity index (χ4n) is 1.13. The number of oxime groups is 1. The first-order valence-corrected chi connectivity index (χ1v) is 5.80. The van der Waals surface area contributed by atoms with Gasteiger partial charge < -0.3 is 5.21 Å². The highest BCUT2D eigenvalue weighted by molar-refractivity contribution is 7.14. The number of thiazole rings is 1. The van der Waals surface area contributed by atoms with Crippen LogP contribution in [-0.2, 0) is 0 Å². The molecule has 0 aliphatic rings. The molecular formula is C10H9N5O2S. The number of nitrogens with zero attached hydrogens (tertiary/aromatic N) is 4. The monoisotopic (exact) mass is 263 g/mol. The maximum atomic E-state index is 11.7. The van der Waals surface area contributed by atoms with Crippen molar-refractivity contribution in [3.63, 3.8) is 0 Å². The number of carbonyl (C=O) groups excluding carboxylic acids is 1. The minimum Gasteiger partial charge on any atom is -0.411 e. The van der Waals surface area contributed by atoms with Crippen molar-refractivity contribution >= 4 is 28.1 Å². The van der Waals surface area contributed by atoms with Crippen LogP contribution in [0.4, 0.5) is 5.13 Å². The van der Waals surface area contributed by atoms with Gasteiger partial charge in [0, 0.05) is 17.8 Å². The molecular weight excluding hydrogens is 254 g/mol. The lowest BCUT2D eigenvalue weighted by Crippen LogP contribution is -2.13. The largest absolute Gasteiger partial charge is 0.411 e. The van der Waals surface area contributed by atoms with Crippen molar-refractivity contribution in [3.8, 4) is 0 Å². The summed E-state index contributed by atoms with van der Waals surface area (Å²) in [6.45, 7) is 1.61. The lowest BCUT2D eigenvalue weighted by atomic mass is 10.3. The van der Waals surface area contributed by atoms with Crippen LogP contribution in [0.25, 0.3) is 0 Å². The van der Waals surface area contributed by atoms with E-state index in [4.69, 9.17) is 5.21 Å². The Kier molecular flexibility index (Phi) is 3.58. The van der Waals surface area contributed by atoms with E-state index in [1.165, 1.54) is 29.9 Å². The summed E-state index contributed by atoms with van der Waals surface area (Å²) in [5, 5.41) is 16.3. The van der Waals surface area contributed by atoms with Gasteiger partial charge in [-0.1, -0.05) is 5.16 Å². The Hall–Kier alpha value is -2.35. The van der Waals surface area contributed by atoms with Crippen LogP contribution in [0.5, 0.6) is 0 Å². The Morgan fingerprint density at radius 2 is 2.28 bits per heavy atom. The molecule has 2 aromatic heterocycles. The second-order valence-corrected chi connectivity index (χ2v) is 4.13. The summed E-state index contributed by atoms with van der Waals surface area (Å²) in [7, 11) is 0. The van der Waals surface area contributed by atoms with Crippen molar-refractivity contribution in [1.82, 2.24) is 15.0 Å². The Morgan fingerprint density at radius 1 is 1.44 bits per heavy atom. The van der Waals surface area contributed by atoms with E-state index >= 15 is 0 Å². The highest BCUT2D eigenvalue weighted by atomic mass is 32.1. The van der Waals surface area contributed by atoms with Gasteiger partial charge in [0.1, 0.15) is 17.1 Å². The Morgan fingerprint density at radius 3 is 2.94 bits per heavy atom. The van der Waals surface area contributed by atoms with Crippen molar-refractivity contribution in [3.05, 3.63) is 35.4 Å². The molecule has 18 heavy (non-hydrogen) atoms. The average molecular weight is 263 g/mol. The molecule has 2 N–H and O–H groups in total. The molecule has 92 valence electrons. The second-order valence-electron chi connectivity index (χ2n) is 3.27. The third kappa shape index (κ3) is 2.66. The van der Waals surface area contributed by atoms with E-state index in [2.05, 4.69) is 25.4 Å². The Labute approximate surface area is 106 Å². The van der Waals surface area contributed by atoms with E-state index in [0.717, 1.165) is 0 Å². The van der Waals surface area contributed by atoms with Gasteiger partial charge in [-0.3, -0.25) is 15.1 Å². The molecule has 2 rings (SSSR count). The summed E-state index contributed by atoms with van der Waals surface area (Å²) >= 11 is 1.23. The van der Waals surface area contributed by atoms with Crippen LogP contribution in [0.2, 0.25) is 0 Å². The predicted molar refractivity (Wildman–Crippen MR) is 66.1 cm³/mol. The standard InChI is InChI=1S/C10H9N5O2S/c1-6(15-17)8-5-18-10(13-8)14-9(16)7-4-11-2-3-12-7/h2-5,17H,1H3,(H,13,14,16)/b15-6-. The van der Waals surface area contributed by atoms with Gasteiger partial charge in [-0.25, -0.2) is 9.97 Å². The zero-order chi connectivity index (χ0) is 13.0. The lowest BCUT2D eigenvalue weighted by molar-refractivity contribution is 0.102. The summed E-state index contributed by atoms with van der Waals surface area (Å²) in [5.74, 6) is -0.386. The minimum absolute atomic E-state index is 0.210. The van der Waals surface area contributed by atoms with Gasteiger partial charge in [0.15, 0.2) is 5.13 Å². The molecule has 0 radical (unpaired) electrons. The SMILES string of the molecule is C/C(=N/O)c1csc(NC(=O)c2cnccn2)n1. The zero-order valence-electron chi connectivity index (χ0n) is 9.36. The van der Waals surface area contributed by atoms with Crippen molar-refractivity contribution in [2.75, 3.05) is 5.32 Å². The van der Waals surface area contributed by atoms with E-state index in [1.54, 1.807) is 12.3 Å². The second kappa shape index (κ2) is 5.32. The highest BCUT2D eigenvalue weighted by Gasteiger charge is 2.11. The molecule has 0 atom stereocenters. The number of hydrogen-bond acceptors (Lipinski definition) is 7. The van der Waals surface area contributed by atoms with Crippen LogP contribution in [0.15, 0.2) is 29.1 Å². The van der Waals surface area contributed by atoms with Crippen LogP contribution < -0.4 is 5.32 Å². The van der Waals surface area contributed by atoms with E-state index in [9.17, 15) is 4.79 Å².